The van der Waals surface area contributed by atoms with Crippen molar-refractivity contribution in [3.05, 3.63) is 77.6 Å². The van der Waals surface area contributed by atoms with Gasteiger partial charge in [-0.3, -0.25) is 4.79 Å². The average molecular weight is 372 g/mol. The minimum absolute atomic E-state index is 0.0196. The molecular formula is C19H15F3N4O. The molecule has 0 saturated heterocycles. The van der Waals surface area contributed by atoms with Gasteiger partial charge in [-0.25, -0.2) is 9.97 Å². The van der Waals surface area contributed by atoms with Crippen LogP contribution in [0.25, 0.3) is 0 Å². The molecule has 0 unspecified atom stereocenters. The van der Waals surface area contributed by atoms with E-state index in [1.54, 1.807) is 12.1 Å². The fourth-order valence-corrected chi connectivity index (χ4v) is 2.37. The summed E-state index contributed by atoms with van der Waals surface area (Å²) >= 11 is 0. The monoisotopic (exact) mass is 372 g/mol. The Morgan fingerprint density at radius 3 is 2.48 bits per heavy atom. The lowest BCUT2D eigenvalue weighted by atomic mass is 10.2. The van der Waals surface area contributed by atoms with Gasteiger partial charge in [-0.05, 0) is 48.9 Å². The number of hydrogen-bond donors (Lipinski definition) is 2. The van der Waals surface area contributed by atoms with Crippen LogP contribution in [-0.4, -0.2) is 15.9 Å². The highest BCUT2D eigenvalue weighted by molar-refractivity contribution is 6.03. The topological polar surface area (TPSA) is 66.9 Å². The SMILES string of the molecule is Cc1cccc(NC(=O)c2ccnc(Nc3cccc(C(F)(F)F)c3)n2)c1. The third-order valence-electron chi connectivity index (χ3n) is 3.61. The third kappa shape index (κ3) is 4.81. The fraction of sp³-hybridized carbons (Fsp3) is 0.105. The van der Waals surface area contributed by atoms with Crippen molar-refractivity contribution < 1.29 is 18.0 Å². The van der Waals surface area contributed by atoms with E-state index in [9.17, 15) is 18.0 Å². The quantitative estimate of drug-likeness (QED) is 0.690. The Hall–Kier alpha value is -3.42. The molecule has 0 aliphatic carbocycles. The number of amides is 1. The number of carbonyl (C=O) groups is 1. The van der Waals surface area contributed by atoms with E-state index < -0.39 is 17.6 Å². The van der Waals surface area contributed by atoms with Crippen LogP contribution >= 0.6 is 0 Å². The molecule has 5 nitrogen and oxygen atoms in total. The number of benzene rings is 2. The molecule has 0 saturated carbocycles. The maximum Gasteiger partial charge on any atom is 0.416 e. The molecular weight excluding hydrogens is 357 g/mol. The van der Waals surface area contributed by atoms with Crippen LogP contribution in [-0.2, 0) is 6.18 Å². The number of rotatable bonds is 4. The third-order valence-corrected chi connectivity index (χ3v) is 3.61. The second-order valence-electron chi connectivity index (χ2n) is 5.79. The molecule has 3 rings (SSSR count). The number of anilines is 3. The summed E-state index contributed by atoms with van der Waals surface area (Å²) < 4.78 is 38.4. The van der Waals surface area contributed by atoms with Crippen LogP contribution in [0.2, 0.25) is 0 Å². The zero-order valence-corrected chi connectivity index (χ0v) is 14.2. The first-order valence-corrected chi connectivity index (χ1v) is 7.96. The molecule has 2 N–H and O–H groups in total. The van der Waals surface area contributed by atoms with E-state index in [2.05, 4.69) is 20.6 Å². The molecule has 0 radical (unpaired) electrons. The van der Waals surface area contributed by atoms with Gasteiger partial charge in [0.05, 0.1) is 5.56 Å². The molecule has 1 amide bonds. The van der Waals surface area contributed by atoms with E-state index in [1.807, 2.05) is 19.1 Å². The summed E-state index contributed by atoms with van der Waals surface area (Å²) in [4.78, 5) is 20.3. The van der Waals surface area contributed by atoms with Gasteiger partial charge in [0.25, 0.3) is 5.91 Å². The molecule has 27 heavy (non-hydrogen) atoms. The Balaban J connectivity index is 1.77. The van der Waals surface area contributed by atoms with Gasteiger partial charge in [0.1, 0.15) is 5.69 Å². The lowest BCUT2D eigenvalue weighted by Crippen LogP contribution is -2.15. The number of carbonyl (C=O) groups excluding carboxylic acids is 1. The summed E-state index contributed by atoms with van der Waals surface area (Å²) in [5.41, 5.74) is 1.07. The van der Waals surface area contributed by atoms with Crippen LogP contribution in [0.3, 0.4) is 0 Å². The first-order chi connectivity index (χ1) is 12.8. The molecule has 3 aromatic rings. The van der Waals surface area contributed by atoms with Gasteiger partial charge in [-0.2, -0.15) is 13.2 Å². The standard InChI is InChI=1S/C19H15F3N4O/c1-12-4-2-6-14(10-12)24-17(27)16-8-9-23-18(26-16)25-15-7-3-5-13(11-15)19(20,21)22/h2-11H,1H3,(H,24,27)(H,23,25,26). The van der Waals surface area contributed by atoms with Crippen molar-refractivity contribution in [2.24, 2.45) is 0 Å². The van der Waals surface area contributed by atoms with Crippen LogP contribution in [0.1, 0.15) is 21.6 Å². The number of nitrogens with zero attached hydrogens (tertiary/aromatic N) is 2. The number of nitrogens with one attached hydrogen (secondary N) is 2. The summed E-state index contributed by atoms with van der Waals surface area (Å²) in [5, 5.41) is 5.40. The van der Waals surface area contributed by atoms with Crippen molar-refractivity contribution >= 4 is 23.2 Å². The Kier molecular flexibility index (Phi) is 5.07. The smallest absolute Gasteiger partial charge is 0.324 e. The molecule has 2 aromatic carbocycles. The highest BCUT2D eigenvalue weighted by atomic mass is 19.4. The summed E-state index contributed by atoms with van der Waals surface area (Å²) in [6.45, 7) is 1.90. The number of aromatic nitrogens is 2. The maximum atomic E-state index is 12.8. The number of aryl methyl sites for hydroxylation is 1. The van der Waals surface area contributed by atoms with Crippen molar-refractivity contribution in [2.45, 2.75) is 13.1 Å². The summed E-state index contributed by atoms with van der Waals surface area (Å²) in [7, 11) is 0. The van der Waals surface area contributed by atoms with Crippen molar-refractivity contribution in [1.29, 1.82) is 0 Å². The molecule has 0 spiro atoms. The highest BCUT2D eigenvalue weighted by Gasteiger charge is 2.30. The highest BCUT2D eigenvalue weighted by Crippen LogP contribution is 2.31. The molecule has 1 heterocycles. The predicted molar refractivity (Wildman–Crippen MR) is 95.9 cm³/mol. The first kappa shape index (κ1) is 18.4. The van der Waals surface area contributed by atoms with Crippen LogP contribution in [0.15, 0.2) is 60.8 Å². The van der Waals surface area contributed by atoms with Crippen LogP contribution in [0.4, 0.5) is 30.5 Å². The van der Waals surface area contributed by atoms with Gasteiger partial charge in [-0.15, -0.1) is 0 Å². The van der Waals surface area contributed by atoms with Gasteiger partial charge < -0.3 is 10.6 Å². The second kappa shape index (κ2) is 7.45. The average Bonchev–Trinajstić information content (AvgIpc) is 2.61. The molecule has 8 heteroatoms. The summed E-state index contributed by atoms with van der Waals surface area (Å²) in [6.07, 6.45) is -3.10. The molecule has 138 valence electrons. The predicted octanol–water partition coefficient (Wildman–Crippen LogP) is 4.80. The van der Waals surface area contributed by atoms with Crippen molar-refractivity contribution in [1.82, 2.24) is 9.97 Å². The van der Waals surface area contributed by atoms with Gasteiger partial charge in [0.2, 0.25) is 5.95 Å². The second-order valence-corrected chi connectivity index (χ2v) is 5.79. The normalized spacial score (nSPS) is 11.1. The molecule has 1 aromatic heterocycles. The zero-order valence-electron chi connectivity index (χ0n) is 14.2. The Morgan fingerprint density at radius 2 is 1.74 bits per heavy atom. The van der Waals surface area contributed by atoms with Crippen molar-refractivity contribution in [3.8, 4) is 0 Å². The lowest BCUT2D eigenvalue weighted by molar-refractivity contribution is -0.137. The van der Waals surface area contributed by atoms with Gasteiger partial charge >= 0.3 is 6.18 Å². The van der Waals surface area contributed by atoms with E-state index in [0.29, 0.717) is 5.69 Å². The number of alkyl halides is 3. The molecule has 0 bridgehead atoms. The number of halogens is 3. The minimum atomic E-state index is -4.45. The van der Waals surface area contributed by atoms with Gasteiger partial charge in [-0.1, -0.05) is 18.2 Å². The van der Waals surface area contributed by atoms with E-state index in [0.717, 1.165) is 17.7 Å². The minimum Gasteiger partial charge on any atom is -0.324 e. The zero-order chi connectivity index (χ0) is 19.4. The number of hydrogen-bond acceptors (Lipinski definition) is 4. The Bertz CT molecular complexity index is 973. The van der Waals surface area contributed by atoms with Crippen molar-refractivity contribution in [2.75, 3.05) is 10.6 Å². The largest absolute Gasteiger partial charge is 0.416 e. The summed E-state index contributed by atoms with van der Waals surface area (Å²) in [6, 6.07) is 13.3. The molecule has 0 aliphatic rings. The van der Waals surface area contributed by atoms with Crippen LogP contribution in [0, 0.1) is 6.92 Å². The lowest BCUT2D eigenvalue weighted by Gasteiger charge is -2.10. The molecule has 0 atom stereocenters. The Morgan fingerprint density at radius 1 is 1.00 bits per heavy atom. The van der Waals surface area contributed by atoms with Crippen LogP contribution < -0.4 is 10.6 Å². The van der Waals surface area contributed by atoms with Crippen molar-refractivity contribution in [3.63, 3.8) is 0 Å². The fourth-order valence-electron chi connectivity index (χ4n) is 2.37. The summed E-state index contributed by atoms with van der Waals surface area (Å²) in [5.74, 6) is -0.429. The van der Waals surface area contributed by atoms with E-state index in [1.165, 1.54) is 24.4 Å². The van der Waals surface area contributed by atoms with E-state index in [4.69, 9.17) is 0 Å². The molecule has 0 aliphatic heterocycles. The first-order valence-electron chi connectivity index (χ1n) is 7.96. The van der Waals surface area contributed by atoms with E-state index >= 15 is 0 Å². The Labute approximate surface area is 153 Å². The van der Waals surface area contributed by atoms with E-state index in [-0.39, 0.29) is 17.3 Å². The maximum absolute atomic E-state index is 12.8. The van der Waals surface area contributed by atoms with Gasteiger partial charge in [0.15, 0.2) is 0 Å². The van der Waals surface area contributed by atoms with Crippen LogP contribution in [0.5, 0.6) is 0 Å². The molecule has 0 fully saturated rings. The van der Waals surface area contributed by atoms with Gasteiger partial charge in [0, 0.05) is 17.6 Å².